The van der Waals surface area contributed by atoms with Crippen LogP contribution in [-0.2, 0) is 6.42 Å². The van der Waals surface area contributed by atoms with Crippen molar-refractivity contribution in [2.45, 2.75) is 32.2 Å². The first-order chi connectivity index (χ1) is 10.2. The number of aryl methyl sites for hydroxylation is 1. The van der Waals surface area contributed by atoms with E-state index in [2.05, 4.69) is 5.32 Å². The van der Waals surface area contributed by atoms with Gasteiger partial charge in [-0.15, -0.1) is 11.3 Å². The molecule has 5 heteroatoms. The van der Waals surface area contributed by atoms with Crippen LogP contribution in [0.3, 0.4) is 0 Å². The first kappa shape index (κ1) is 14.7. The highest BCUT2D eigenvalue weighted by molar-refractivity contribution is 7.16. The van der Waals surface area contributed by atoms with Gasteiger partial charge < -0.3 is 10.1 Å². The van der Waals surface area contributed by atoms with Crippen LogP contribution < -0.4 is 10.1 Å². The van der Waals surface area contributed by atoms with Crippen LogP contribution in [0.2, 0.25) is 4.34 Å². The second-order valence-electron chi connectivity index (χ2n) is 5.10. The summed E-state index contributed by atoms with van der Waals surface area (Å²) >= 11 is 7.76. The van der Waals surface area contributed by atoms with E-state index in [0.29, 0.717) is 12.4 Å². The van der Waals surface area contributed by atoms with Gasteiger partial charge in [0, 0.05) is 16.6 Å². The van der Waals surface area contributed by atoms with Crippen LogP contribution >= 0.6 is 22.9 Å². The van der Waals surface area contributed by atoms with Crippen molar-refractivity contribution in [2.24, 2.45) is 0 Å². The second-order valence-corrected chi connectivity index (χ2v) is 6.86. The third-order valence-corrected chi connectivity index (χ3v) is 5.00. The summed E-state index contributed by atoms with van der Waals surface area (Å²) in [5.41, 5.74) is 2.03. The van der Waals surface area contributed by atoms with E-state index in [1.807, 2.05) is 19.1 Å². The molecular weight excluding hydrogens is 309 g/mol. The van der Waals surface area contributed by atoms with Gasteiger partial charge in [-0.05, 0) is 49.9 Å². The van der Waals surface area contributed by atoms with Crippen LogP contribution in [0.25, 0.3) is 0 Å². The van der Waals surface area contributed by atoms with Gasteiger partial charge in [-0.2, -0.15) is 0 Å². The molecule has 0 aliphatic heterocycles. The van der Waals surface area contributed by atoms with E-state index < -0.39 is 0 Å². The molecule has 1 heterocycles. The molecule has 0 spiro atoms. The molecule has 1 aliphatic rings. The molecule has 0 saturated heterocycles. The van der Waals surface area contributed by atoms with Crippen LogP contribution in [0.1, 0.15) is 36.2 Å². The minimum absolute atomic E-state index is 0.204. The lowest BCUT2D eigenvalue weighted by molar-refractivity contribution is 0.321. The van der Waals surface area contributed by atoms with Crippen molar-refractivity contribution in [2.75, 3.05) is 11.9 Å². The first-order valence-corrected chi connectivity index (χ1v) is 8.34. The summed E-state index contributed by atoms with van der Waals surface area (Å²) in [4.78, 5) is 1.34. The molecular formula is C16H17ClFNOS. The van der Waals surface area contributed by atoms with E-state index in [1.54, 1.807) is 17.4 Å². The SMILES string of the molecule is CCOc1ccc(NC2CCCc3sc(Cl)cc32)cc1F. The van der Waals surface area contributed by atoms with E-state index in [9.17, 15) is 4.39 Å². The standard InChI is InChI=1S/C16H17ClFNOS/c1-2-20-14-7-6-10(8-12(14)18)19-13-4-3-5-15-11(13)9-16(17)21-15/h6-9,13,19H,2-5H2,1H3. The van der Waals surface area contributed by atoms with Crippen LogP contribution in [0.4, 0.5) is 10.1 Å². The number of rotatable bonds is 4. The highest BCUT2D eigenvalue weighted by Crippen LogP contribution is 2.39. The van der Waals surface area contributed by atoms with Gasteiger partial charge in [0.25, 0.3) is 0 Å². The molecule has 3 rings (SSSR count). The van der Waals surface area contributed by atoms with Gasteiger partial charge in [0.1, 0.15) is 0 Å². The van der Waals surface area contributed by atoms with Gasteiger partial charge in [0.2, 0.25) is 0 Å². The molecule has 1 N–H and O–H groups in total. The molecule has 112 valence electrons. The Labute approximate surface area is 132 Å². The predicted octanol–water partition coefficient (Wildman–Crippen LogP) is 5.43. The molecule has 1 atom stereocenters. The van der Waals surface area contributed by atoms with E-state index in [1.165, 1.54) is 16.5 Å². The van der Waals surface area contributed by atoms with Crippen LogP contribution in [0.15, 0.2) is 24.3 Å². The number of ether oxygens (including phenoxy) is 1. The van der Waals surface area contributed by atoms with Crippen molar-refractivity contribution < 1.29 is 9.13 Å². The maximum absolute atomic E-state index is 13.9. The Bertz CT molecular complexity index is 643. The smallest absolute Gasteiger partial charge is 0.167 e. The minimum Gasteiger partial charge on any atom is -0.491 e. The quantitative estimate of drug-likeness (QED) is 0.809. The first-order valence-electron chi connectivity index (χ1n) is 7.14. The summed E-state index contributed by atoms with van der Waals surface area (Å²) in [6.45, 7) is 2.30. The number of hydrogen-bond acceptors (Lipinski definition) is 3. The number of nitrogens with one attached hydrogen (secondary N) is 1. The van der Waals surface area contributed by atoms with Crippen LogP contribution in [0, 0.1) is 5.82 Å². The van der Waals surface area contributed by atoms with Crippen molar-refractivity contribution in [1.29, 1.82) is 0 Å². The van der Waals surface area contributed by atoms with E-state index in [-0.39, 0.29) is 11.9 Å². The fourth-order valence-corrected chi connectivity index (χ4v) is 4.12. The number of benzene rings is 1. The monoisotopic (exact) mass is 325 g/mol. The molecule has 0 saturated carbocycles. The summed E-state index contributed by atoms with van der Waals surface area (Å²) in [6.07, 6.45) is 3.25. The minimum atomic E-state index is -0.332. The fourth-order valence-electron chi connectivity index (χ4n) is 2.74. The summed E-state index contributed by atoms with van der Waals surface area (Å²) in [6, 6.07) is 7.26. The highest BCUT2D eigenvalue weighted by Gasteiger charge is 2.22. The van der Waals surface area contributed by atoms with Gasteiger partial charge >= 0.3 is 0 Å². The Morgan fingerprint density at radius 3 is 3.05 bits per heavy atom. The van der Waals surface area contributed by atoms with Crippen molar-refractivity contribution in [3.63, 3.8) is 0 Å². The van der Waals surface area contributed by atoms with E-state index in [0.717, 1.165) is 29.3 Å². The van der Waals surface area contributed by atoms with Crippen LogP contribution in [0.5, 0.6) is 5.75 Å². The Morgan fingerprint density at radius 2 is 2.29 bits per heavy atom. The van der Waals surface area contributed by atoms with Crippen molar-refractivity contribution in [1.82, 2.24) is 0 Å². The number of halogens is 2. The van der Waals surface area contributed by atoms with Crippen molar-refractivity contribution in [3.8, 4) is 5.75 Å². The molecule has 0 radical (unpaired) electrons. The fraction of sp³-hybridized carbons (Fsp3) is 0.375. The van der Waals surface area contributed by atoms with Gasteiger partial charge in [-0.1, -0.05) is 11.6 Å². The predicted molar refractivity (Wildman–Crippen MR) is 86.2 cm³/mol. The molecule has 2 nitrogen and oxygen atoms in total. The van der Waals surface area contributed by atoms with Crippen molar-refractivity contribution in [3.05, 3.63) is 44.9 Å². The highest BCUT2D eigenvalue weighted by atomic mass is 35.5. The van der Waals surface area contributed by atoms with Gasteiger partial charge in [0.05, 0.1) is 17.0 Å². The number of anilines is 1. The lowest BCUT2D eigenvalue weighted by Gasteiger charge is -2.24. The summed E-state index contributed by atoms with van der Waals surface area (Å²) < 4.78 is 20.0. The average Bonchev–Trinajstić information content (AvgIpc) is 2.83. The zero-order valence-electron chi connectivity index (χ0n) is 11.8. The van der Waals surface area contributed by atoms with Gasteiger partial charge in [-0.3, -0.25) is 0 Å². The van der Waals surface area contributed by atoms with Crippen molar-refractivity contribution >= 4 is 28.6 Å². The number of thiophene rings is 1. The maximum Gasteiger partial charge on any atom is 0.167 e. The van der Waals surface area contributed by atoms with E-state index >= 15 is 0 Å². The summed E-state index contributed by atoms with van der Waals surface area (Å²) in [7, 11) is 0. The third kappa shape index (κ3) is 3.16. The molecule has 1 unspecified atom stereocenters. The third-order valence-electron chi connectivity index (χ3n) is 3.66. The number of fused-ring (bicyclic) bond motifs is 1. The lowest BCUT2D eigenvalue weighted by atomic mass is 9.94. The Balaban J connectivity index is 1.80. The molecule has 0 fully saturated rings. The molecule has 0 amide bonds. The normalized spacial score (nSPS) is 17.4. The maximum atomic E-state index is 13.9. The van der Waals surface area contributed by atoms with Crippen LogP contribution in [-0.4, -0.2) is 6.61 Å². The largest absolute Gasteiger partial charge is 0.491 e. The lowest BCUT2D eigenvalue weighted by Crippen LogP contribution is -2.15. The summed E-state index contributed by atoms with van der Waals surface area (Å²) in [5, 5.41) is 3.41. The Morgan fingerprint density at radius 1 is 1.43 bits per heavy atom. The Hall–Kier alpha value is -1.26. The van der Waals surface area contributed by atoms with E-state index in [4.69, 9.17) is 16.3 Å². The number of hydrogen-bond donors (Lipinski definition) is 1. The molecule has 0 bridgehead atoms. The molecule has 21 heavy (non-hydrogen) atoms. The average molecular weight is 326 g/mol. The molecule has 2 aromatic rings. The zero-order valence-corrected chi connectivity index (χ0v) is 13.4. The molecule has 1 aromatic heterocycles. The van der Waals surface area contributed by atoms with Gasteiger partial charge in [-0.25, -0.2) is 4.39 Å². The second kappa shape index (κ2) is 6.24. The zero-order chi connectivity index (χ0) is 14.8. The van der Waals surface area contributed by atoms with Gasteiger partial charge in [0.15, 0.2) is 11.6 Å². The topological polar surface area (TPSA) is 21.3 Å². The molecule has 1 aromatic carbocycles. The Kier molecular flexibility index (Phi) is 4.36. The molecule has 1 aliphatic carbocycles. The summed E-state index contributed by atoms with van der Waals surface area (Å²) in [5.74, 6) is -0.0350.